The molecule has 1 aromatic heterocycles. The van der Waals surface area contributed by atoms with E-state index in [0.717, 1.165) is 23.6 Å². The Morgan fingerprint density at radius 3 is 2.61 bits per heavy atom. The van der Waals surface area contributed by atoms with Crippen molar-refractivity contribution in [1.29, 1.82) is 0 Å². The molecule has 0 aliphatic carbocycles. The number of phenolic OH excluding ortho intramolecular Hbond substituents is 1. The number of aromatic hydroxyl groups is 1. The van der Waals surface area contributed by atoms with E-state index in [1.807, 2.05) is 0 Å². The van der Waals surface area contributed by atoms with Crippen molar-refractivity contribution in [2.45, 2.75) is 0 Å². The topological polar surface area (TPSA) is 148 Å². The number of thiophene rings is 1. The fourth-order valence-corrected chi connectivity index (χ4v) is 3.47. The Morgan fingerprint density at radius 1 is 1.18 bits per heavy atom. The second kappa shape index (κ2) is 7.58. The van der Waals surface area contributed by atoms with Crippen molar-refractivity contribution >= 4 is 56.5 Å². The Labute approximate surface area is 165 Å². The van der Waals surface area contributed by atoms with Gasteiger partial charge in [-0.1, -0.05) is 11.6 Å². The van der Waals surface area contributed by atoms with Crippen molar-refractivity contribution < 1.29 is 19.7 Å². The summed E-state index contributed by atoms with van der Waals surface area (Å²) in [4.78, 5) is 32.8. The van der Waals surface area contributed by atoms with Crippen LogP contribution in [0.15, 0.2) is 41.5 Å². The minimum Gasteiger partial charge on any atom is -0.502 e. The molecule has 0 saturated heterocycles. The lowest BCUT2D eigenvalue weighted by Gasteiger charge is -2.01. The van der Waals surface area contributed by atoms with Crippen molar-refractivity contribution in [3.63, 3.8) is 0 Å². The van der Waals surface area contributed by atoms with Crippen LogP contribution in [0.25, 0.3) is 10.1 Å². The van der Waals surface area contributed by atoms with Gasteiger partial charge in [0.15, 0.2) is 0 Å². The number of hydrogen-bond donors (Lipinski definition) is 2. The normalized spacial score (nSPS) is 11.0. The molecule has 0 aliphatic rings. The standard InChI is InChI=1S/C16H9ClN4O6S/c17-10-3-9(15(22)12(6-10)21(26)27)7-18-19-16(23)14-5-8-4-11(20(24)25)1-2-13(8)28-14/h1-7,22H,(H,19,23)/b18-7+. The zero-order valence-electron chi connectivity index (χ0n) is 13.7. The van der Waals surface area contributed by atoms with Crippen LogP contribution >= 0.6 is 22.9 Å². The number of nitro groups is 2. The minimum absolute atomic E-state index is 0.0170. The van der Waals surface area contributed by atoms with Crippen molar-refractivity contribution in [3.8, 4) is 5.75 Å². The third-order valence-corrected chi connectivity index (χ3v) is 4.92. The molecular formula is C16H9ClN4O6S. The molecule has 0 saturated carbocycles. The van der Waals surface area contributed by atoms with Gasteiger partial charge in [0.1, 0.15) is 0 Å². The fraction of sp³-hybridized carbons (Fsp3) is 0. The molecule has 0 aliphatic heterocycles. The predicted molar refractivity (Wildman–Crippen MR) is 103 cm³/mol. The van der Waals surface area contributed by atoms with E-state index in [4.69, 9.17) is 11.6 Å². The van der Waals surface area contributed by atoms with Gasteiger partial charge in [-0.15, -0.1) is 11.3 Å². The average Bonchev–Trinajstić information content (AvgIpc) is 3.07. The summed E-state index contributed by atoms with van der Waals surface area (Å²) < 4.78 is 0.683. The van der Waals surface area contributed by atoms with Crippen LogP contribution in [0.2, 0.25) is 5.02 Å². The Bertz CT molecular complexity index is 1160. The van der Waals surface area contributed by atoms with Crippen molar-refractivity contribution in [1.82, 2.24) is 5.43 Å². The summed E-state index contributed by atoms with van der Waals surface area (Å²) in [6.45, 7) is 0. The lowest BCUT2D eigenvalue weighted by Crippen LogP contribution is -2.16. The second-order valence-electron chi connectivity index (χ2n) is 5.41. The molecular weight excluding hydrogens is 412 g/mol. The number of nitrogens with one attached hydrogen (secondary N) is 1. The summed E-state index contributed by atoms with van der Waals surface area (Å²) in [5, 5.41) is 35.8. The van der Waals surface area contributed by atoms with Gasteiger partial charge in [-0.3, -0.25) is 25.0 Å². The van der Waals surface area contributed by atoms with Gasteiger partial charge in [0, 0.05) is 38.9 Å². The lowest BCUT2D eigenvalue weighted by molar-refractivity contribution is -0.385. The van der Waals surface area contributed by atoms with Crippen molar-refractivity contribution in [2.24, 2.45) is 5.10 Å². The van der Waals surface area contributed by atoms with Crippen molar-refractivity contribution in [2.75, 3.05) is 0 Å². The maximum absolute atomic E-state index is 12.2. The Hall–Kier alpha value is -3.57. The first kappa shape index (κ1) is 19.2. The van der Waals surface area contributed by atoms with E-state index in [0.29, 0.717) is 10.1 Å². The zero-order valence-corrected chi connectivity index (χ0v) is 15.2. The smallest absolute Gasteiger partial charge is 0.312 e. The number of phenols is 1. The fourth-order valence-electron chi connectivity index (χ4n) is 2.31. The quantitative estimate of drug-likeness (QED) is 0.364. The predicted octanol–water partition coefficient (Wildman–Crippen LogP) is 3.84. The molecule has 0 fully saturated rings. The van der Waals surface area contributed by atoms with Gasteiger partial charge in [0.2, 0.25) is 5.75 Å². The SMILES string of the molecule is O=C(N/N=C/c1cc(Cl)cc([N+](=O)[O-])c1O)c1cc2cc([N+](=O)[O-])ccc2s1. The highest BCUT2D eigenvalue weighted by Crippen LogP contribution is 2.32. The number of nitrogens with zero attached hydrogens (tertiary/aromatic N) is 3. The monoisotopic (exact) mass is 420 g/mol. The number of fused-ring (bicyclic) bond motifs is 1. The number of benzene rings is 2. The molecule has 28 heavy (non-hydrogen) atoms. The summed E-state index contributed by atoms with van der Waals surface area (Å²) in [6.07, 6.45) is 1.02. The highest BCUT2D eigenvalue weighted by molar-refractivity contribution is 7.20. The van der Waals surface area contributed by atoms with Gasteiger partial charge in [-0.25, -0.2) is 5.43 Å². The number of hydrazone groups is 1. The van der Waals surface area contributed by atoms with E-state index < -0.39 is 27.2 Å². The minimum atomic E-state index is -0.798. The molecule has 0 radical (unpaired) electrons. The second-order valence-corrected chi connectivity index (χ2v) is 6.93. The Balaban J connectivity index is 1.80. The van der Waals surface area contributed by atoms with Crippen LogP contribution < -0.4 is 5.43 Å². The molecule has 1 amide bonds. The van der Waals surface area contributed by atoms with E-state index in [-0.39, 0.29) is 21.2 Å². The first-order valence-electron chi connectivity index (χ1n) is 7.44. The van der Waals surface area contributed by atoms with Crippen LogP contribution in [0.3, 0.4) is 0 Å². The summed E-state index contributed by atoms with van der Waals surface area (Å²) in [5.41, 5.74) is 1.49. The number of halogens is 1. The number of non-ortho nitro benzene ring substituents is 1. The van der Waals surface area contributed by atoms with Gasteiger partial charge in [0.05, 0.1) is 20.9 Å². The number of hydrogen-bond acceptors (Lipinski definition) is 8. The van der Waals surface area contributed by atoms with Crippen LogP contribution in [0.5, 0.6) is 5.75 Å². The summed E-state index contributed by atoms with van der Waals surface area (Å²) in [7, 11) is 0. The highest BCUT2D eigenvalue weighted by Gasteiger charge is 2.18. The molecule has 0 unspecified atom stereocenters. The van der Waals surface area contributed by atoms with E-state index in [2.05, 4.69) is 10.5 Å². The molecule has 3 aromatic rings. The lowest BCUT2D eigenvalue weighted by atomic mass is 10.2. The molecule has 0 atom stereocenters. The third-order valence-electron chi connectivity index (χ3n) is 3.58. The van der Waals surface area contributed by atoms with Gasteiger partial charge < -0.3 is 5.11 Å². The highest BCUT2D eigenvalue weighted by atomic mass is 35.5. The van der Waals surface area contributed by atoms with Gasteiger partial charge in [-0.2, -0.15) is 5.10 Å². The first-order valence-corrected chi connectivity index (χ1v) is 8.64. The largest absolute Gasteiger partial charge is 0.502 e. The van der Waals surface area contributed by atoms with Crippen LogP contribution in [0, 0.1) is 20.2 Å². The zero-order chi connectivity index (χ0) is 20.4. The summed E-state index contributed by atoms with van der Waals surface area (Å²) >= 11 is 6.89. The van der Waals surface area contributed by atoms with Crippen LogP contribution in [-0.4, -0.2) is 27.1 Å². The van der Waals surface area contributed by atoms with E-state index in [1.165, 1.54) is 24.3 Å². The molecule has 10 nitrogen and oxygen atoms in total. The Kier molecular flexibility index (Phi) is 5.20. The molecule has 2 aromatic carbocycles. The van der Waals surface area contributed by atoms with E-state index in [9.17, 15) is 30.1 Å². The maximum atomic E-state index is 12.2. The summed E-state index contributed by atoms with van der Waals surface area (Å²) in [5.74, 6) is -1.22. The third kappa shape index (κ3) is 3.89. The molecule has 12 heteroatoms. The van der Waals surface area contributed by atoms with Crippen LogP contribution in [-0.2, 0) is 0 Å². The van der Waals surface area contributed by atoms with Crippen molar-refractivity contribution in [3.05, 3.63) is 72.1 Å². The number of amides is 1. The average molecular weight is 421 g/mol. The van der Waals surface area contributed by atoms with E-state index in [1.54, 1.807) is 6.07 Å². The van der Waals surface area contributed by atoms with Crippen LogP contribution in [0.4, 0.5) is 11.4 Å². The molecule has 0 spiro atoms. The molecule has 3 rings (SSSR count). The van der Waals surface area contributed by atoms with Gasteiger partial charge >= 0.3 is 5.69 Å². The Morgan fingerprint density at radius 2 is 1.93 bits per heavy atom. The number of carbonyl (C=O) groups is 1. The van der Waals surface area contributed by atoms with E-state index >= 15 is 0 Å². The first-order chi connectivity index (χ1) is 13.3. The maximum Gasteiger partial charge on any atom is 0.312 e. The molecule has 0 bridgehead atoms. The van der Waals surface area contributed by atoms with Gasteiger partial charge in [-0.05, 0) is 18.2 Å². The summed E-state index contributed by atoms with van der Waals surface area (Å²) in [6, 6.07) is 7.96. The number of carbonyl (C=O) groups excluding carboxylic acids is 1. The van der Waals surface area contributed by atoms with Gasteiger partial charge in [0.25, 0.3) is 11.6 Å². The van der Waals surface area contributed by atoms with Crippen LogP contribution in [0.1, 0.15) is 15.2 Å². The number of nitro benzene ring substituents is 2. The molecule has 142 valence electrons. The molecule has 2 N–H and O–H groups in total. The number of rotatable bonds is 5. The molecule has 1 heterocycles.